The molecule has 1 saturated carbocycles. The Morgan fingerprint density at radius 3 is 2.96 bits per heavy atom. The van der Waals surface area contributed by atoms with Gasteiger partial charge in [-0.15, -0.1) is 0 Å². The van der Waals surface area contributed by atoms with Gasteiger partial charge in [-0.05, 0) is 37.5 Å². The van der Waals surface area contributed by atoms with Crippen molar-refractivity contribution in [2.45, 2.75) is 44.8 Å². The fourth-order valence-electron chi connectivity index (χ4n) is 3.36. The standard InChI is InChI=1S/C19H22N2O2/c1-13-5-2-6-14(11-13)12-23-17-9-3-7-15(17)18-16(19(20)22)8-4-10-21-18/h2,4-6,8,10-11,15,17H,3,7,9,12H2,1H3,(H2,20,22)/t15-,17+/m1/s1. The molecule has 1 aromatic carbocycles. The number of ether oxygens (including phenoxy) is 1. The third kappa shape index (κ3) is 3.59. The highest BCUT2D eigenvalue weighted by molar-refractivity contribution is 5.94. The molecule has 2 aromatic rings. The zero-order valence-corrected chi connectivity index (χ0v) is 13.4. The number of nitrogens with two attached hydrogens (primary N) is 1. The van der Waals surface area contributed by atoms with Gasteiger partial charge in [-0.25, -0.2) is 0 Å². The van der Waals surface area contributed by atoms with E-state index < -0.39 is 5.91 Å². The molecule has 2 N–H and O–H groups in total. The SMILES string of the molecule is Cc1cccc(CO[C@H]2CCC[C@H]2c2ncccc2C(N)=O)c1. The molecular weight excluding hydrogens is 288 g/mol. The van der Waals surface area contributed by atoms with Crippen LogP contribution in [0.5, 0.6) is 0 Å². The molecule has 2 atom stereocenters. The number of rotatable bonds is 5. The van der Waals surface area contributed by atoms with Crippen molar-refractivity contribution in [2.24, 2.45) is 5.73 Å². The predicted octanol–water partition coefficient (Wildman–Crippen LogP) is 3.34. The highest BCUT2D eigenvalue weighted by Gasteiger charge is 2.32. The van der Waals surface area contributed by atoms with Gasteiger partial charge < -0.3 is 10.5 Å². The molecule has 0 aliphatic heterocycles. The fourth-order valence-corrected chi connectivity index (χ4v) is 3.36. The Bertz CT molecular complexity index is 699. The van der Waals surface area contributed by atoms with Gasteiger partial charge in [0, 0.05) is 12.1 Å². The highest BCUT2D eigenvalue weighted by Crippen LogP contribution is 2.37. The van der Waals surface area contributed by atoms with Gasteiger partial charge in [0.05, 0.1) is 24.0 Å². The van der Waals surface area contributed by atoms with Crippen LogP contribution in [-0.2, 0) is 11.3 Å². The lowest BCUT2D eigenvalue weighted by Gasteiger charge is -2.21. The summed E-state index contributed by atoms with van der Waals surface area (Å²) in [4.78, 5) is 16.1. The van der Waals surface area contributed by atoms with Crippen molar-refractivity contribution >= 4 is 5.91 Å². The largest absolute Gasteiger partial charge is 0.373 e. The maximum absolute atomic E-state index is 11.6. The molecular formula is C19H22N2O2. The zero-order chi connectivity index (χ0) is 16.2. The molecule has 0 bridgehead atoms. The maximum Gasteiger partial charge on any atom is 0.250 e. The van der Waals surface area contributed by atoms with Crippen molar-refractivity contribution in [1.82, 2.24) is 4.98 Å². The number of aromatic nitrogens is 1. The Balaban J connectivity index is 1.74. The number of benzene rings is 1. The lowest BCUT2D eigenvalue weighted by molar-refractivity contribution is 0.0333. The molecule has 3 rings (SSSR count). The van der Waals surface area contributed by atoms with E-state index in [4.69, 9.17) is 10.5 Å². The fraction of sp³-hybridized carbons (Fsp3) is 0.368. The molecule has 120 valence electrons. The van der Waals surface area contributed by atoms with Gasteiger partial charge in [0.15, 0.2) is 0 Å². The molecule has 0 radical (unpaired) electrons. The lowest BCUT2D eigenvalue weighted by atomic mass is 9.96. The number of carbonyl (C=O) groups excluding carboxylic acids is 1. The highest BCUT2D eigenvalue weighted by atomic mass is 16.5. The number of primary amides is 1. The van der Waals surface area contributed by atoms with E-state index in [1.54, 1.807) is 18.3 Å². The normalized spacial score (nSPS) is 20.6. The van der Waals surface area contributed by atoms with Crippen LogP contribution in [0.1, 0.15) is 52.4 Å². The molecule has 4 nitrogen and oxygen atoms in total. The van der Waals surface area contributed by atoms with Crippen LogP contribution < -0.4 is 5.73 Å². The van der Waals surface area contributed by atoms with Crippen molar-refractivity contribution in [3.63, 3.8) is 0 Å². The van der Waals surface area contributed by atoms with Crippen molar-refractivity contribution < 1.29 is 9.53 Å². The average Bonchev–Trinajstić information content (AvgIpc) is 3.01. The first-order valence-electron chi connectivity index (χ1n) is 8.07. The van der Waals surface area contributed by atoms with Crippen LogP contribution >= 0.6 is 0 Å². The quantitative estimate of drug-likeness (QED) is 0.921. The molecule has 1 heterocycles. The van der Waals surface area contributed by atoms with E-state index in [9.17, 15) is 4.79 Å². The Hall–Kier alpha value is -2.20. The third-order valence-electron chi connectivity index (χ3n) is 4.45. The minimum absolute atomic E-state index is 0.0866. The number of amides is 1. The van der Waals surface area contributed by atoms with Gasteiger partial charge in [0.2, 0.25) is 0 Å². The van der Waals surface area contributed by atoms with E-state index in [2.05, 4.69) is 30.1 Å². The third-order valence-corrected chi connectivity index (χ3v) is 4.45. The van der Waals surface area contributed by atoms with Crippen LogP contribution in [0.4, 0.5) is 0 Å². The van der Waals surface area contributed by atoms with Gasteiger partial charge in [-0.1, -0.05) is 36.2 Å². The first kappa shape index (κ1) is 15.7. The van der Waals surface area contributed by atoms with E-state index >= 15 is 0 Å². The Labute approximate surface area is 136 Å². The summed E-state index contributed by atoms with van der Waals surface area (Å²) in [7, 11) is 0. The zero-order valence-electron chi connectivity index (χ0n) is 13.4. The summed E-state index contributed by atoms with van der Waals surface area (Å²) in [5.74, 6) is -0.277. The van der Waals surface area contributed by atoms with E-state index in [1.807, 2.05) is 6.07 Å². The number of hydrogen-bond acceptors (Lipinski definition) is 3. The molecule has 1 amide bonds. The summed E-state index contributed by atoms with van der Waals surface area (Å²) in [6.45, 7) is 2.66. The molecule has 0 spiro atoms. The number of aryl methyl sites for hydroxylation is 1. The summed E-state index contributed by atoms with van der Waals surface area (Å²) >= 11 is 0. The van der Waals surface area contributed by atoms with Crippen LogP contribution in [-0.4, -0.2) is 17.0 Å². The monoisotopic (exact) mass is 310 g/mol. The number of carbonyl (C=O) groups is 1. The molecule has 23 heavy (non-hydrogen) atoms. The van der Waals surface area contributed by atoms with E-state index in [0.29, 0.717) is 12.2 Å². The van der Waals surface area contributed by atoms with Gasteiger partial charge in [0.1, 0.15) is 0 Å². The second-order valence-corrected chi connectivity index (χ2v) is 6.18. The van der Waals surface area contributed by atoms with Crippen molar-refractivity contribution in [3.8, 4) is 0 Å². The molecule has 0 unspecified atom stereocenters. The number of nitrogens with zero attached hydrogens (tertiary/aromatic N) is 1. The lowest BCUT2D eigenvalue weighted by Crippen LogP contribution is -2.22. The minimum Gasteiger partial charge on any atom is -0.373 e. The van der Waals surface area contributed by atoms with Crippen molar-refractivity contribution in [3.05, 3.63) is 65.0 Å². The topological polar surface area (TPSA) is 65.2 Å². The first-order chi connectivity index (χ1) is 11.1. The van der Waals surface area contributed by atoms with Crippen LogP contribution in [0.25, 0.3) is 0 Å². The molecule has 0 saturated heterocycles. The Morgan fingerprint density at radius 1 is 1.30 bits per heavy atom. The van der Waals surface area contributed by atoms with E-state index in [0.717, 1.165) is 25.0 Å². The predicted molar refractivity (Wildman–Crippen MR) is 89.1 cm³/mol. The first-order valence-corrected chi connectivity index (χ1v) is 8.07. The smallest absolute Gasteiger partial charge is 0.250 e. The summed E-state index contributed by atoms with van der Waals surface area (Å²) in [6, 6.07) is 11.8. The van der Waals surface area contributed by atoms with Crippen LogP contribution in [0.2, 0.25) is 0 Å². The minimum atomic E-state index is -0.419. The van der Waals surface area contributed by atoms with Gasteiger partial charge in [0.25, 0.3) is 5.91 Å². The van der Waals surface area contributed by atoms with Gasteiger partial charge >= 0.3 is 0 Å². The Morgan fingerprint density at radius 2 is 2.17 bits per heavy atom. The molecule has 1 fully saturated rings. The van der Waals surface area contributed by atoms with Crippen LogP contribution in [0.15, 0.2) is 42.6 Å². The van der Waals surface area contributed by atoms with Crippen molar-refractivity contribution in [1.29, 1.82) is 0 Å². The van der Waals surface area contributed by atoms with Gasteiger partial charge in [-0.3, -0.25) is 9.78 Å². The summed E-state index contributed by atoms with van der Waals surface area (Å²) in [5.41, 5.74) is 9.20. The molecule has 1 aliphatic rings. The molecule has 1 aliphatic carbocycles. The van der Waals surface area contributed by atoms with Crippen LogP contribution in [0, 0.1) is 6.92 Å². The summed E-state index contributed by atoms with van der Waals surface area (Å²) in [6.07, 6.45) is 4.86. The van der Waals surface area contributed by atoms with E-state index in [1.165, 1.54) is 11.1 Å². The van der Waals surface area contributed by atoms with Crippen LogP contribution in [0.3, 0.4) is 0 Å². The number of hydrogen-bond donors (Lipinski definition) is 1. The Kier molecular flexibility index (Phi) is 4.72. The second-order valence-electron chi connectivity index (χ2n) is 6.18. The van der Waals surface area contributed by atoms with Crippen molar-refractivity contribution in [2.75, 3.05) is 0 Å². The molecule has 4 heteroatoms. The van der Waals surface area contributed by atoms with Gasteiger partial charge in [-0.2, -0.15) is 0 Å². The van der Waals surface area contributed by atoms with E-state index in [-0.39, 0.29) is 12.0 Å². The molecule has 1 aromatic heterocycles. The summed E-state index contributed by atoms with van der Waals surface area (Å²) < 4.78 is 6.15. The average molecular weight is 310 g/mol. The maximum atomic E-state index is 11.6. The summed E-state index contributed by atoms with van der Waals surface area (Å²) in [5, 5.41) is 0. The second kappa shape index (κ2) is 6.92. The number of pyridine rings is 1.